The molecule has 0 saturated heterocycles. The van der Waals surface area contributed by atoms with Gasteiger partial charge in [0.25, 0.3) is 0 Å². The molecule has 0 spiro atoms. The molecule has 0 aliphatic rings. The zero-order valence-corrected chi connectivity index (χ0v) is 10.5. The van der Waals surface area contributed by atoms with Crippen LogP contribution in [0.15, 0.2) is 24.4 Å². The molecule has 0 fully saturated rings. The summed E-state index contributed by atoms with van der Waals surface area (Å²) >= 11 is 0. The van der Waals surface area contributed by atoms with Crippen LogP contribution in [0, 0.1) is 12.7 Å². The summed E-state index contributed by atoms with van der Waals surface area (Å²) in [6.45, 7) is 1.85. The van der Waals surface area contributed by atoms with Gasteiger partial charge in [-0.25, -0.2) is 4.39 Å². The predicted octanol–water partition coefficient (Wildman–Crippen LogP) is 1.96. The molecule has 0 radical (unpaired) electrons. The average Bonchev–Trinajstić information content (AvgIpc) is 2.69. The van der Waals surface area contributed by atoms with Crippen LogP contribution in [0.4, 0.5) is 4.39 Å². The van der Waals surface area contributed by atoms with E-state index in [4.69, 9.17) is 4.74 Å². The minimum atomic E-state index is -0.890. The van der Waals surface area contributed by atoms with Crippen LogP contribution >= 0.6 is 0 Å². The lowest BCUT2D eigenvalue weighted by Crippen LogP contribution is -2.03. The highest BCUT2D eigenvalue weighted by Gasteiger charge is 2.17. The third-order valence-corrected chi connectivity index (χ3v) is 3.06. The van der Waals surface area contributed by atoms with Gasteiger partial charge >= 0.3 is 0 Å². The second-order valence-electron chi connectivity index (χ2n) is 4.11. The molecule has 0 aliphatic carbocycles. The second kappa shape index (κ2) is 4.78. The van der Waals surface area contributed by atoms with Gasteiger partial charge in [-0.3, -0.25) is 4.68 Å². The number of aromatic nitrogens is 2. The summed E-state index contributed by atoms with van der Waals surface area (Å²) in [6.07, 6.45) is 0.696. The van der Waals surface area contributed by atoms with Gasteiger partial charge in [0.2, 0.25) is 0 Å². The lowest BCUT2D eigenvalue weighted by Gasteiger charge is -2.12. The molecule has 4 nitrogen and oxygen atoms in total. The van der Waals surface area contributed by atoms with Crippen LogP contribution < -0.4 is 4.74 Å². The summed E-state index contributed by atoms with van der Waals surface area (Å²) in [5.74, 6) is -0.329. The van der Waals surface area contributed by atoms with Crippen molar-refractivity contribution in [1.29, 1.82) is 0 Å². The normalized spacial score (nSPS) is 12.5. The van der Waals surface area contributed by atoms with Crippen LogP contribution in [0.5, 0.6) is 5.75 Å². The van der Waals surface area contributed by atoms with Gasteiger partial charge in [0, 0.05) is 18.3 Å². The van der Waals surface area contributed by atoms with Crippen molar-refractivity contribution in [3.63, 3.8) is 0 Å². The summed E-state index contributed by atoms with van der Waals surface area (Å²) in [5, 5.41) is 14.3. The SMILES string of the molecule is COc1ccc(C(O)c2cnn(C)c2C)cc1F. The van der Waals surface area contributed by atoms with Gasteiger partial charge in [0.1, 0.15) is 6.10 Å². The first-order valence-electron chi connectivity index (χ1n) is 5.54. The van der Waals surface area contributed by atoms with Crippen LogP contribution in [-0.4, -0.2) is 22.0 Å². The largest absolute Gasteiger partial charge is 0.494 e. The van der Waals surface area contributed by atoms with E-state index in [1.807, 2.05) is 6.92 Å². The molecule has 2 rings (SSSR count). The summed E-state index contributed by atoms with van der Waals surface area (Å²) in [5.41, 5.74) is 1.99. The third kappa shape index (κ3) is 2.09. The van der Waals surface area contributed by atoms with E-state index in [0.29, 0.717) is 11.1 Å². The number of ether oxygens (including phenoxy) is 1. The van der Waals surface area contributed by atoms with Gasteiger partial charge in [0.05, 0.1) is 13.3 Å². The maximum absolute atomic E-state index is 13.6. The fourth-order valence-corrected chi connectivity index (χ4v) is 1.82. The molecular formula is C13H15FN2O2. The fraction of sp³-hybridized carbons (Fsp3) is 0.308. The summed E-state index contributed by atoms with van der Waals surface area (Å²) < 4.78 is 20.1. The van der Waals surface area contributed by atoms with E-state index in [2.05, 4.69) is 5.10 Å². The molecule has 96 valence electrons. The molecule has 0 amide bonds. The van der Waals surface area contributed by atoms with E-state index in [1.54, 1.807) is 24.0 Å². The van der Waals surface area contributed by atoms with E-state index in [1.165, 1.54) is 19.2 Å². The van der Waals surface area contributed by atoms with E-state index in [0.717, 1.165) is 5.69 Å². The molecule has 0 saturated carbocycles. The van der Waals surface area contributed by atoms with Crippen molar-refractivity contribution in [3.05, 3.63) is 47.0 Å². The van der Waals surface area contributed by atoms with Crippen LogP contribution in [0.2, 0.25) is 0 Å². The lowest BCUT2D eigenvalue weighted by atomic mass is 10.0. The van der Waals surface area contributed by atoms with Gasteiger partial charge in [-0.2, -0.15) is 5.10 Å². The Morgan fingerprint density at radius 3 is 2.67 bits per heavy atom. The highest BCUT2D eigenvalue weighted by atomic mass is 19.1. The van der Waals surface area contributed by atoms with E-state index < -0.39 is 11.9 Å². The zero-order valence-electron chi connectivity index (χ0n) is 10.5. The first-order valence-corrected chi connectivity index (χ1v) is 5.54. The van der Waals surface area contributed by atoms with Crippen LogP contribution in [0.1, 0.15) is 22.9 Å². The Hall–Kier alpha value is -1.88. The van der Waals surface area contributed by atoms with Crippen molar-refractivity contribution in [2.24, 2.45) is 7.05 Å². The van der Waals surface area contributed by atoms with Gasteiger partial charge in [0.15, 0.2) is 11.6 Å². The second-order valence-corrected chi connectivity index (χ2v) is 4.11. The topological polar surface area (TPSA) is 47.3 Å². The van der Waals surface area contributed by atoms with E-state index >= 15 is 0 Å². The number of halogens is 1. The molecule has 1 N–H and O–H groups in total. The van der Waals surface area contributed by atoms with Crippen molar-refractivity contribution in [2.45, 2.75) is 13.0 Å². The molecule has 1 aromatic heterocycles. The molecule has 1 atom stereocenters. The highest BCUT2D eigenvalue weighted by Crippen LogP contribution is 2.27. The standard InChI is InChI=1S/C13H15FN2O2/c1-8-10(7-15-16(8)2)13(17)9-4-5-12(18-3)11(14)6-9/h4-7,13,17H,1-3H3. The number of nitrogens with zero attached hydrogens (tertiary/aromatic N) is 2. The van der Waals surface area contributed by atoms with Crippen molar-refractivity contribution in [2.75, 3.05) is 7.11 Å². The van der Waals surface area contributed by atoms with Crippen molar-refractivity contribution in [3.8, 4) is 5.75 Å². The molecule has 1 aromatic carbocycles. The fourth-order valence-electron chi connectivity index (χ4n) is 1.82. The minimum absolute atomic E-state index is 0.161. The first kappa shape index (κ1) is 12.6. The quantitative estimate of drug-likeness (QED) is 0.905. The Morgan fingerprint density at radius 2 is 2.17 bits per heavy atom. The third-order valence-electron chi connectivity index (χ3n) is 3.06. The Labute approximate surface area is 105 Å². The van der Waals surface area contributed by atoms with Crippen molar-refractivity contribution >= 4 is 0 Å². The number of hydrogen-bond acceptors (Lipinski definition) is 3. The van der Waals surface area contributed by atoms with Gasteiger partial charge in [-0.05, 0) is 24.6 Å². The smallest absolute Gasteiger partial charge is 0.165 e. The zero-order chi connectivity index (χ0) is 13.3. The van der Waals surface area contributed by atoms with Crippen LogP contribution in [0.25, 0.3) is 0 Å². The molecule has 1 unspecified atom stereocenters. The summed E-state index contributed by atoms with van der Waals surface area (Å²) in [4.78, 5) is 0. The van der Waals surface area contributed by atoms with E-state index in [-0.39, 0.29) is 5.75 Å². The Balaban J connectivity index is 2.37. The number of hydrogen-bond donors (Lipinski definition) is 1. The van der Waals surface area contributed by atoms with Gasteiger partial charge in [-0.15, -0.1) is 0 Å². The Bertz CT molecular complexity index is 566. The average molecular weight is 250 g/mol. The molecule has 5 heteroatoms. The minimum Gasteiger partial charge on any atom is -0.494 e. The lowest BCUT2D eigenvalue weighted by molar-refractivity contribution is 0.218. The number of aryl methyl sites for hydroxylation is 1. The monoisotopic (exact) mass is 250 g/mol. The van der Waals surface area contributed by atoms with Gasteiger partial charge < -0.3 is 9.84 Å². The number of benzene rings is 1. The molecule has 0 bridgehead atoms. The van der Waals surface area contributed by atoms with Gasteiger partial charge in [-0.1, -0.05) is 6.07 Å². The number of aliphatic hydroxyl groups is 1. The number of rotatable bonds is 3. The Kier molecular flexibility index (Phi) is 3.34. The molecule has 18 heavy (non-hydrogen) atoms. The molecule has 2 aromatic rings. The number of aliphatic hydroxyl groups excluding tert-OH is 1. The van der Waals surface area contributed by atoms with Crippen LogP contribution in [-0.2, 0) is 7.05 Å². The highest BCUT2D eigenvalue weighted by molar-refractivity contribution is 5.35. The predicted molar refractivity (Wildman–Crippen MR) is 65.0 cm³/mol. The summed E-state index contributed by atoms with van der Waals surface area (Å²) in [6, 6.07) is 4.41. The molecule has 0 aliphatic heterocycles. The first-order chi connectivity index (χ1) is 8.54. The molecular weight excluding hydrogens is 235 g/mol. The molecule has 1 heterocycles. The summed E-state index contributed by atoms with van der Waals surface area (Å²) in [7, 11) is 3.19. The van der Waals surface area contributed by atoms with E-state index in [9.17, 15) is 9.50 Å². The number of methoxy groups -OCH3 is 1. The van der Waals surface area contributed by atoms with Crippen molar-refractivity contribution < 1.29 is 14.2 Å². The maximum atomic E-state index is 13.6. The Morgan fingerprint density at radius 1 is 1.44 bits per heavy atom. The van der Waals surface area contributed by atoms with Crippen LogP contribution in [0.3, 0.4) is 0 Å². The maximum Gasteiger partial charge on any atom is 0.165 e. The van der Waals surface area contributed by atoms with Crippen molar-refractivity contribution in [1.82, 2.24) is 9.78 Å².